The first kappa shape index (κ1) is 15.2. The molecule has 0 radical (unpaired) electrons. The molecule has 6 heteroatoms. The Balaban J connectivity index is 2.07. The lowest BCUT2D eigenvalue weighted by molar-refractivity contribution is -0.138. The Bertz CT molecular complexity index is 581. The Hall–Kier alpha value is -2.21. The molecule has 0 bridgehead atoms. The maximum absolute atomic E-state index is 10.9. The topological polar surface area (TPSA) is 79.5 Å². The van der Waals surface area contributed by atoms with Gasteiger partial charge >= 0.3 is 5.97 Å². The predicted octanol–water partition coefficient (Wildman–Crippen LogP) is 2.28. The van der Waals surface area contributed by atoms with Crippen LogP contribution in [0.15, 0.2) is 34.7 Å². The van der Waals surface area contributed by atoms with E-state index >= 15 is 0 Å². The summed E-state index contributed by atoms with van der Waals surface area (Å²) in [6.45, 7) is 5.04. The van der Waals surface area contributed by atoms with Gasteiger partial charge in [0.25, 0.3) is 0 Å². The van der Waals surface area contributed by atoms with Crippen molar-refractivity contribution in [2.45, 2.75) is 20.4 Å². The zero-order chi connectivity index (χ0) is 15.2. The highest BCUT2D eigenvalue weighted by Gasteiger charge is 2.16. The molecule has 0 fully saturated rings. The number of carboxylic acid groups (broad SMARTS) is 1. The second-order valence-electron chi connectivity index (χ2n) is 5.32. The molecule has 1 aromatic carbocycles. The quantitative estimate of drug-likeness (QED) is 0.842. The van der Waals surface area contributed by atoms with Crippen LogP contribution < -0.4 is 0 Å². The van der Waals surface area contributed by atoms with Crippen molar-refractivity contribution in [2.24, 2.45) is 5.92 Å². The molecule has 0 amide bonds. The van der Waals surface area contributed by atoms with Crippen molar-refractivity contribution in [3.05, 3.63) is 36.2 Å². The number of nitrogens with zero attached hydrogens (tertiary/aromatic N) is 3. The summed E-state index contributed by atoms with van der Waals surface area (Å²) in [5.74, 6) is 0.375. The fourth-order valence-corrected chi connectivity index (χ4v) is 2.10. The molecule has 0 atom stereocenters. The maximum atomic E-state index is 10.9. The summed E-state index contributed by atoms with van der Waals surface area (Å²) >= 11 is 0. The normalized spacial score (nSPS) is 11.2. The van der Waals surface area contributed by atoms with Gasteiger partial charge in [0.2, 0.25) is 11.8 Å². The fourth-order valence-electron chi connectivity index (χ4n) is 2.10. The lowest BCUT2D eigenvalue weighted by atomic mass is 10.2. The van der Waals surface area contributed by atoms with Crippen molar-refractivity contribution in [3.63, 3.8) is 0 Å². The lowest BCUT2D eigenvalue weighted by Gasteiger charge is -2.20. The van der Waals surface area contributed by atoms with Crippen molar-refractivity contribution in [2.75, 3.05) is 13.1 Å². The summed E-state index contributed by atoms with van der Waals surface area (Å²) < 4.78 is 5.61. The van der Waals surface area contributed by atoms with Gasteiger partial charge in [0.1, 0.15) is 0 Å². The van der Waals surface area contributed by atoms with Crippen molar-refractivity contribution in [1.82, 2.24) is 15.1 Å². The van der Waals surface area contributed by atoms with Gasteiger partial charge in [0, 0.05) is 12.1 Å². The number of rotatable bonds is 7. The SMILES string of the molecule is CC(C)CN(CC(=O)O)Cc1nnc(-c2ccccc2)o1. The van der Waals surface area contributed by atoms with E-state index in [9.17, 15) is 4.79 Å². The van der Waals surface area contributed by atoms with Crippen LogP contribution in [-0.2, 0) is 11.3 Å². The molecule has 2 rings (SSSR count). The van der Waals surface area contributed by atoms with Crippen LogP contribution in [0.3, 0.4) is 0 Å². The van der Waals surface area contributed by atoms with Crippen LogP contribution in [0.4, 0.5) is 0 Å². The largest absolute Gasteiger partial charge is 0.480 e. The van der Waals surface area contributed by atoms with Gasteiger partial charge in [-0.25, -0.2) is 0 Å². The highest BCUT2D eigenvalue weighted by molar-refractivity contribution is 5.69. The summed E-state index contributed by atoms with van der Waals surface area (Å²) in [5, 5.41) is 17.0. The van der Waals surface area contributed by atoms with Crippen LogP contribution in [0.25, 0.3) is 11.5 Å². The molecule has 0 unspecified atom stereocenters. The zero-order valence-electron chi connectivity index (χ0n) is 12.2. The highest BCUT2D eigenvalue weighted by atomic mass is 16.4. The summed E-state index contributed by atoms with van der Waals surface area (Å²) in [4.78, 5) is 12.7. The van der Waals surface area contributed by atoms with Gasteiger partial charge in [-0.1, -0.05) is 32.0 Å². The van der Waals surface area contributed by atoms with Gasteiger partial charge < -0.3 is 9.52 Å². The first-order chi connectivity index (χ1) is 10.0. The number of hydrogen-bond donors (Lipinski definition) is 1. The van der Waals surface area contributed by atoms with Gasteiger partial charge in [-0.3, -0.25) is 9.69 Å². The van der Waals surface area contributed by atoms with Gasteiger partial charge in [0.15, 0.2) is 0 Å². The molecule has 1 N–H and O–H groups in total. The molecule has 6 nitrogen and oxygen atoms in total. The molecule has 0 aliphatic heterocycles. The number of aromatic nitrogens is 2. The van der Waals surface area contributed by atoms with Crippen molar-refractivity contribution < 1.29 is 14.3 Å². The van der Waals surface area contributed by atoms with E-state index in [2.05, 4.69) is 10.2 Å². The molecular formula is C15H19N3O3. The van der Waals surface area contributed by atoms with E-state index < -0.39 is 5.97 Å². The second-order valence-corrected chi connectivity index (χ2v) is 5.32. The van der Waals surface area contributed by atoms with E-state index in [1.807, 2.05) is 44.2 Å². The predicted molar refractivity (Wildman–Crippen MR) is 77.5 cm³/mol. The third-order valence-corrected chi connectivity index (χ3v) is 2.83. The minimum absolute atomic E-state index is 0.0404. The van der Waals surface area contributed by atoms with Crippen molar-refractivity contribution in [1.29, 1.82) is 0 Å². The summed E-state index contributed by atoms with van der Waals surface area (Å²) in [5.41, 5.74) is 0.852. The highest BCUT2D eigenvalue weighted by Crippen LogP contribution is 2.17. The third-order valence-electron chi connectivity index (χ3n) is 2.83. The molecule has 0 aliphatic rings. The van der Waals surface area contributed by atoms with E-state index in [1.165, 1.54) is 0 Å². The smallest absolute Gasteiger partial charge is 0.317 e. The number of aliphatic carboxylic acids is 1. The summed E-state index contributed by atoms with van der Waals surface area (Å²) in [6, 6.07) is 9.49. The van der Waals surface area contributed by atoms with Crippen LogP contribution in [0, 0.1) is 5.92 Å². The molecule has 1 heterocycles. The Kier molecular flexibility index (Phi) is 5.05. The first-order valence-corrected chi connectivity index (χ1v) is 6.86. The average molecular weight is 289 g/mol. The molecule has 2 aromatic rings. The average Bonchev–Trinajstić information content (AvgIpc) is 2.86. The van der Waals surface area contributed by atoms with Crippen LogP contribution >= 0.6 is 0 Å². The molecule has 0 saturated heterocycles. The van der Waals surface area contributed by atoms with Crippen LogP contribution in [-0.4, -0.2) is 39.3 Å². The number of carbonyl (C=O) groups is 1. The number of benzene rings is 1. The zero-order valence-corrected chi connectivity index (χ0v) is 12.2. The van der Waals surface area contributed by atoms with E-state index in [-0.39, 0.29) is 6.54 Å². The number of carboxylic acids is 1. The fraction of sp³-hybridized carbons (Fsp3) is 0.400. The van der Waals surface area contributed by atoms with E-state index in [4.69, 9.17) is 9.52 Å². The monoisotopic (exact) mass is 289 g/mol. The van der Waals surface area contributed by atoms with Gasteiger partial charge in [-0.05, 0) is 18.1 Å². The Labute approximate surface area is 123 Å². The maximum Gasteiger partial charge on any atom is 0.317 e. The summed E-state index contributed by atoms with van der Waals surface area (Å²) in [6.07, 6.45) is 0. The Morgan fingerprint density at radius 1 is 1.29 bits per heavy atom. The molecule has 0 saturated carbocycles. The molecule has 0 spiro atoms. The molecule has 21 heavy (non-hydrogen) atoms. The minimum atomic E-state index is -0.863. The van der Waals surface area contributed by atoms with E-state index in [1.54, 1.807) is 4.90 Å². The van der Waals surface area contributed by atoms with Crippen LogP contribution in [0.2, 0.25) is 0 Å². The van der Waals surface area contributed by atoms with Gasteiger partial charge in [-0.2, -0.15) is 0 Å². The molecule has 112 valence electrons. The van der Waals surface area contributed by atoms with Gasteiger partial charge in [0.05, 0.1) is 13.1 Å². The second kappa shape index (κ2) is 6.99. The van der Waals surface area contributed by atoms with Crippen LogP contribution in [0.1, 0.15) is 19.7 Å². The first-order valence-electron chi connectivity index (χ1n) is 6.86. The Morgan fingerprint density at radius 2 is 2.00 bits per heavy atom. The standard InChI is InChI=1S/C15H19N3O3/c1-11(2)8-18(10-14(19)20)9-13-16-17-15(21-13)12-6-4-3-5-7-12/h3-7,11H,8-10H2,1-2H3,(H,19,20). The third kappa shape index (κ3) is 4.68. The van der Waals surface area contributed by atoms with Crippen molar-refractivity contribution >= 4 is 5.97 Å². The summed E-state index contributed by atoms with van der Waals surface area (Å²) in [7, 11) is 0. The Morgan fingerprint density at radius 3 is 2.62 bits per heavy atom. The number of hydrogen-bond acceptors (Lipinski definition) is 5. The molecule has 1 aromatic heterocycles. The van der Waals surface area contributed by atoms with E-state index in [0.717, 1.165) is 5.56 Å². The van der Waals surface area contributed by atoms with Crippen molar-refractivity contribution in [3.8, 4) is 11.5 Å². The molecular weight excluding hydrogens is 270 g/mol. The van der Waals surface area contributed by atoms with Crippen LogP contribution in [0.5, 0.6) is 0 Å². The van der Waals surface area contributed by atoms with Gasteiger partial charge in [-0.15, -0.1) is 10.2 Å². The lowest BCUT2D eigenvalue weighted by Crippen LogP contribution is -2.32. The van der Waals surface area contributed by atoms with E-state index in [0.29, 0.717) is 30.8 Å². The molecule has 0 aliphatic carbocycles. The minimum Gasteiger partial charge on any atom is -0.480 e.